The zero-order chi connectivity index (χ0) is 15.4. The molecule has 0 bridgehead atoms. The third-order valence-corrected chi connectivity index (χ3v) is 3.66. The SMILES string of the molecule is CCN(C(=O)C(=O)Nc1nnc(C)s1)c1ccccc1C. The van der Waals surface area contributed by atoms with Gasteiger partial charge in [-0.2, -0.15) is 0 Å². The summed E-state index contributed by atoms with van der Waals surface area (Å²) in [4.78, 5) is 25.8. The topological polar surface area (TPSA) is 75.2 Å². The number of amides is 2. The third kappa shape index (κ3) is 3.43. The van der Waals surface area contributed by atoms with Crippen LogP contribution in [0.15, 0.2) is 24.3 Å². The van der Waals surface area contributed by atoms with E-state index in [1.54, 1.807) is 6.92 Å². The lowest BCUT2D eigenvalue weighted by molar-refractivity contribution is -0.134. The number of hydrogen-bond acceptors (Lipinski definition) is 5. The molecule has 0 saturated heterocycles. The van der Waals surface area contributed by atoms with E-state index in [4.69, 9.17) is 0 Å². The number of carbonyl (C=O) groups excluding carboxylic acids is 2. The van der Waals surface area contributed by atoms with Crippen molar-refractivity contribution in [1.82, 2.24) is 10.2 Å². The number of likely N-dealkylation sites (N-methyl/N-ethyl adjacent to an activating group) is 1. The summed E-state index contributed by atoms with van der Waals surface area (Å²) in [5.41, 5.74) is 1.67. The van der Waals surface area contributed by atoms with Crippen molar-refractivity contribution in [2.24, 2.45) is 0 Å². The van der Waals surface area contributed by atoms with Gasteiger partial charge in [0, 0.05) is 12.2 Å². The van der Waals surface area contributed by atoms with Gasteiger partial charge in [0.25, 0.3) is 0 Å². The molecule has 2 aromatic rings. The first kappa shape index (κ1) is 15.1. The number of anilines is 2. The van der Waals surface area contributed by atoms with Gasteiger partial charge in [0.1, 0.15) is 5.01 Å². The number of rotatable bonds is 3. The summed E-state index contributed by atoms with van der Waals surface area (Å²) in [5, 5.41) is 11.1. The molecular formula is C14H16N4O2S. The van der Waals surface area contributed by atoms with Gasteiger partial charge in [-0.3, -0.25) is 14.9 Å². The Hall–Kier alpha value is -2.28. The molecule has 1 aromatic carbocycles. The van der Waals surface area contributed by atoms with E-state index < -0.39 is 11.8 Å². The highest BCUT2D eigenvalue weighted by Crippen LogP contribution is 2.20. The highest BCUT2D eigenvalue weighted by Gasteiger charge is 2.23. The molecule has 0 aliphatic heterocycles. The maximum absolute atomic E-state index is 12.3. The largest absolute Gasteiger partial charge is 0.316 e. The van der Waals surface area contributed by atoms with E-state index in [1.165, 1.54) is 16.2 Å². The van der Waals surface area contributed by atoms with Gasteiger partial charge < -0.3 is 4.90 Å². The second-order valence-corrected chi connectivity index (χ2v) is 5.60. The fourth-order valence-corrected chi connectivity index (χ4v) is 2.50. The first-order valence-electron chi connectivity index (χ1n) is 6.51. The summed E-state index contributed by atoms with van der Waals surface area (Å²) in [5.74, 6) is -1.32. The summed E-state index contributed by atoms with van der Waals surface area (Å²) in [6.07, 6.45) is 0. The standard InChI is InChI=1S/C14H16N4O2S/c1-4-18(11-8-6-5-7-9(11)2)13(20)12(19)15-14-17-16-10(3)21-14/h5-8H,4H2,1-3H3,(H,15,17,19). The molecule has 21 heavy (non-hydrogen) atoms. The molecule has 0 saturated carbocycles. The molecule has 0 fully saturated rings. The van der Waals surface area contributed by atoms with Crippen molar-refractivity contribution in [2.75, 3.05) is 16.8 Å². The fraction of sp³-hybridized carbons (Fsp3) is 0.286. The minimum atomic E-state index is -0.712. The number of nitrogens with one attached hydrogen (secondary N) is 1. The Morgan fingerprint density at radius 3 is 2.52 bits per heavy atom. The highest BCUT2D eigenvalue weighted by atomic mass is 32.1. The van der Waals surface area contributed by atoms with Crippen LogP contribution in [-0.2, 0) is 9.59 Å². The number of benzene rings is 1. The average Bonchev–Trinajstić information content (AvgIpc) is 2.86. The Morgan fingerprint density at radius 1 is 1.24 bits per heavy atom. The van der Waals surface area contributed by atoms with Crippen molar-refractivity contribution in [2.45, 2.75) is 20.8 Å². The van der Waals surface area contributed by atoms with Gasteiger partial charge in [0.05, 0.1) is 0 Å². The van der Waals surface area contributed by atoms with Crippen LogP contribution in [0.25, 0.3) is 0 Å². The van der Waals surface area contributed by atoms with Gasteiger partial charge in [-0.25, -0.2) is 0 Å². The van der Waals surface area contributed by atoms with Crippen LogP contribution in [0.2, 0.25) is 0 Å². The van der Waals surface area contributed by atoms with Crippen LogP contribution in [0, 0.1) is 13.8 Å². The van der Waals surface area contributed by atoms with Crippen LogP contribution < -0.4 is 10.2 Å². The van der Waals surface area contributed by atoms with Crippen molar-refractivity contribution in [3.8, 4) is 0 Å². The van der Waals surface area contributed by atoms with E-state index in [2.05, 4.69) is 15.5 Å². The predicted molar refractivity (Wildman–Crippen MR) is 82.5 cm³/mol. The molecule has 2 amide bonds. The first-order valence-corrected chi connectivity index (χ1v) is 7.33. The Bertz CT molecular complexity index is 668. The van der Waals surface area contributed by atoms with Crippen LogP contribution in [0.4, 0.5) is 10.8 Å². The lowest BCUT2D eigenvalue weighted by Crippen LogP contribution is -2.40. The van der Waals surface area contributed by atoms with Gasteiger partial charge in [0.15, 0.2) is 0 Å². The highest BCUT2D eigenvalue weighted by molar-refractivity contribution is 7.15. The Labute approximate surface area is 126 Å². The minimum Gasteiger partial charge on any atom is -0.304 e. The van der Waals surface area contributed by atoms with Crippen LogP contribution >= 0.6 is 11.3 Å². The Kier molecular flexibility index (Phi) is 4.64. The first-order chi connectivity index (χ1) is 10.0. The fourth-order valence-electron chi connectivity index (χ4n) is 1.91. The molecule has 0 spiro atoms. The summed E-state index contributed by atoms with van der Waals surface area (Å²) in [6.45, 7) is 5.91. The molecule has 7 heteroatoms. The van der Waals surface area contributed by atoms with E-state index in [9.17, 15) is 9.59 Å². The van der Waals surface area contributed by atoms with Crippen LogP contribution in [-0.4, -0.2) is 28.6 Å². The van der Waals surface area contributed by atoms with E-state index in [-0.39, 0.29) is 0 Å². The third-order valence-electron chi connectivity index (χ3n) is 2.91. The van der Waals surface area contributed by atoms with Crippen LogP contribution in [0.1, 0.15) is 17.5 Å². The number of para-hydroxylation sites is 1. The molecule has 0 radical (unpaired) electrons. The van der Waals surface area contributed by atoms with Crippen molar-refractivity contribution < 1.29 is 9.59 Å². The molecule has 0 atom stereocenters. The lowest BCUT2D eigenvalue weighted by atomic mass is 10.2. The summed E-state index contributed by atoms with van der Waals surface area (Å²) >= 11 is 1.23. The molecule has 0 aliphatic rings. The Morgan fingerprint density at radius 2 is 1.95 bits per heavy atom. The molecule has 6 nitrogen and oxygen atoms in total. The maximum atomic E-state index is 12.3. The predicted octanol–water partition coefficient (Wildman–Crippen LogP) is 2.15. The van der Waals surface area contributed by atoms with Crippen molar-refractivity contribution >= 4 is 34.0 Å². The zero-order valence-electron chi connectivity index (χ0n) is 12.1. The molecular weight excluding hydrogens is 288 g/mol. The van der Waals surface area contributed by atoms with Crippen LogP contribution in [0.3, 0.4) is 0 Å². The van der Waals surface area contributed by atoms with Crippen molar-refractivity contribution in [1.29, 1.82) is 0 Å². The molecule has 1 aromatic heterocycles. The molecule has 1 N–H and O–H groups in total. The summed E-state index contributed by atoms with van der Waals surface area (Å²) in [7, 11) is 0. The molecule has 1 heterocycles. The van der Waals surface area contributed by atoms with Gasteiger partial charge in [-0.1, -0.05) is 29.5 Å². The quantitative estimate of drug-likeness (QED) is 0.882. The van der Waals surface area contributed by atoms with Gasteiger partial charge >= 0.3 is 11.8 Å². The maximum Gasteiger partial charge on any atom is 0.316 e. The van der Waals surface area contributed by atoms with Crippen LogP contribution in [0.5, 0.6) is 0 Å². The normalized spacial score (nSPS) is 10.2. The zero-order valence-corrected chi connectivity index (χ0v) is 12.9. The lowest BCUT2D eigenvalue weighted by Gasteiger charge is -2.21. The van der Waals surface area contributed by atoms with E-state index in [0.717, 1.165) is 16.3 Å². The monoisotopic (exact) mass is 304 g/mol. The molecule has 0 unspecified atom stereocenters. The molecule has 110 valence electrons. The second kappa shape index (κ2) is 6.45. The smallest absolute Gasteiger partial charge is 0.304 e. The number of nitrogens with zero attached hydrogens (tertiary/aromatic N) is 3. The van der Waals surface area contributed by atoms with Gasteiger partial charge in [-0.15, -0.1) is 10.2 Å². The Balaban J connectivity index is 2.16. The molecule has 0 aliphatic carbocycles. The minimum absolute atomic E-state index is 0.326. The summed E-state index contributed by atoms with van der Waals surface area (Å²) in [6, 6.07) is 7.45. The van der Waals surface area contributed by atoms with E-state index in [0.29, 0.717) is 11.7 Å². The number of aromatic nitrogens is 2. The number of carbonyl (C=O) groups is 2. The van der Waals surface area contributed by atoms with Gasteiger partial charge in [-0.05, 0) is 32.4 Å². The molecule has 2 rings (SSSR count). The van der Waals surface area contributed by atoms with Gasteiger partial charge in [0.2, 0.25) is 5.13 Å². The summed E-state index contributed by atoms with van der Waals surface area (Å²) < 4.78 is 0. The van der Waals surface area contributed by atoms with Crippen molar-refractivity contribution in [3.05, 3.63) is 34.8 Å². The average molecular weight is 304 g/mol. The number of hydrogen-bond donors (Lipinski definition) is 1. The second-order valence-electron chi connectivity index (χ2n) is 4.42. The van der Waals surface area contributed by atoms with E-state index >= 15 is 0 Å². The number of aryl methyl sites for hydroxylation is 2. The van der Waals surface area contributed by atoms with E-state index in [1.807, 2.05) is 38.1 Å². The van der Waals surface area contributed by atoms with Crippen molar-refractivity contribution in [3.63, 3.8) is 0 Å².